The largest absolute Gasteiger partial charge is 0.319 e. The molecule has 0 fully saturated rings. The number of fused-ring (bicyclic) bond motifs is 1. The van der Waals surface area contributed by atoms with E-state index in [4.69, 9.17) is 0 Å². The molecule has 0 radical (unpaired) electrons. The Morgan fingerprint density at radius 3 is 2.88 bits per heavy atom. The maximum Gasteiger partial charge on any atom is 0.248 e. The van der Waals surface area contributed by atoms with Crippen molar-refractivity contribution in [2.75, 3.05) is 0 Å². The molecule has 0 aliphatic rings. The number of nitrogens with one attached hydrogen (secondary N) is 1. The minimum absolute atomic E-state index is 0.136. The fourth-order valence-electron chi connectivity index (χ4n) is 1.90. The first-order valence-electron chi connectivity index (χ1n) is 5.23. The van der Waals surface area contributed by atoms with E-state index in [0.29, 0.717) is 0 Å². The van der Waals surface area contributed by atoms with Gasteiger partial charge < -0.3 is 4.98 Å². The summed E-state index contributed by atoms with van der Waals surface area (Å²) in [7, 11) is 1.84. The average Bonchev–Trinajstić information content (AvgIpc) is 2.65. The van der Waals surface area contributed by atoms with E-state index in [-0.39, 0.29) is 5.56 Å². The lowest BCUT2D eigenvalue weighted by Gasteiger charge is -2.00. The highest BCUT2D eigenvalue weighted by Gasteiger charge is 2.12. The molecule has 0 amide bonds. The summed E-state index contributed by atoms with van der Waals surface area (Å²) in [5, 5.41) is 4.34. The van der Waals surface area contributed by atoms with E-state index in [0.717, 1.165) is 22.4 Å². The molecule has 3 aromatic rings. The van der Waals surface area contributed by atoms with Crippen LogP contribution < -0.4 is 5.56 Å². The highest BCUT2D eigenvalue weighted by Crippen LogP contribution is 2.23. The zero-order valence-corrected chi connectivity index (χ0v) is 9.21. The summed E-state index contributed by atoms with van der Waals surface area (Å²) in [5.74, 6) is 0. The Balaban J connectivity index is 2.39. The van der Waals surface area contributed by atoms with Gasteiger partial charge in [-0.15, -0.1) is 0 Å². The van der Waals surface area contributed by atoms with E-state index >= 15 is 0 Å². The standard InChI is InChI=1S/C12H10N4O/c1-16-12(9-4-2-3-7-13-9)11-8(15-16)5-6-10(17)14-11/h2-7H,1H3,(H,14,17). The molecule has 0 aromatic carbocycles. The number of aromatic amines is 1. The Morgan fingerprint density at radius 2 is 2.12 bits per heavy atom. The maximum absolute atomic E-state index is 11.4. The first-order valence-corrected chi connectivity index (χ1v) is 5.23. The van der Waals surface area contributed by atoms with E-state index in [1.54, 1.807) is 16.9 Å². The fraction of sp³-hybridized carbons (Fsp3) is 0.0833. The van der Waals surface area contributed by atoms with Gasteiger partial charge >= 0.3 is 0 Å². The van der Waals surface area contributed by atoms with Crippen molar-refractivity contribution >= 4 is 11.0 Å². The number of aromatic nitrogens is 4. The van der Waals surface area contributed by atoms with E-state index in [2.05, 4.69) is 15.1 Å². The van der Waals surface area contributed by atoms with Crippen molar-refractivity contribution in [3.63, 3.8) is 0 Å². The molecule has 0 atom stereocenters. The van der Waals surface area contributed by atoms with Crippen LogP contribution >= 0.6 is 0 Å². The third-order valence-electron chi connectivity index (χ3n) is 2.62. The van der Waals surface area contributed by atoms with Gasteiger partial charge in [0.2, 0.25) is 5.56 Å². The number of nitrogens with zero attached hydrogens (tertiary/aromatic N) is 3. The molecule has 0 bridgehead atoms. The lowest BCUT2D eigenvalue weighted by atomic mass is 10.2. The molecule has 5 heteroatoms. The summed E-state index contributed by atoms with van der Waals surface area (Å²) < 4.78 is 1.73. The number of pyridine rings is 2. The molecule has 0 aliphatic heterocycles. The topological polar surface area (TPSA) is 63.6 Å². The lowest BCUT2D eigenvalue weighted by molar-refractivity contribution is 0.785. The second kappa shape index (κ2) is 3.55. The first-order chi connectivity index (χ1) is 8.25. The van der Waals surface area contributed by atoms with Gasteiger partial charge in [-0.3, -0.25) is 14.5 Å². The summed E-state index contributed by atoms with van der Waals surface area (Å²) in [6.07, 6.45) is 1.72. The Bertz CT molecular complexity index is 727. The van der Waals surface area contributed by atoms with Crippen LogP contribution in [0.5, 0.6) is 0 Å². The molecule has 0 saturated carbocycles. The van der Waals surface area contributed by atoms with Crippen molar-refractivity contribution in [3.8, 4) is 11.4 Å². The molecule has 0 aliphatic carbocycles. The van der Waals surface area contributed by atoms with Crippen LogP contribution in [-0.4, -0.2) is 19.7 Å². The van der Waals surface area contributed by atoms with E-state index in [9.17, 15) is 4.79 Å². The second-order valence-electron chi connectivity index (χ2n) is 3.77. The lowest BCUT2D eigenvalue weighted by Crippen LogP contribution is -2.02. The number of hydrogen-bond acceptors (Lipinski definition) is 3. The van der Waals surface area contributed by atoms with Gasteiger partial charge in [-0.1, -0.05) is 6.07 Å². The van der Waals surface area contributed by atoms with Gasteiger partial charge in [0, 0.05) is 19.3 Å². The average molecular weight is 226 g/mol. The molecular weight excluding hydrogens is 216 g/mol. The number of H-pyrrole nitrogens is 1. The number of rotatable bonds is 1. The SMILES string of the molecule is Cn1nc2ccc(=O)[nH]c2c1-c1ccccn1. The molecule has 0 unspecified atom stereocenters. The highest BCUT2D eigenvalue weighted by atomic mass is 16.1. The molecule has 0 spiro atoms. The molecule has 5 nitrogen and oxygen atoms in total. The molecule has 0 saturated heterocycles. The minimum Gasteiger partial charge on any atom is -0.319 e. The first kappa shape index (κ1) is 9.77. The van der Waals surface area contributed by atoms with Crippen LogP contribution in [0.4, 0.5) is 0 Å². The zero-order valence-electron chi connectivity index (χ0n) is 9.21. The van der Waals surface area contributed by atoms with Crippen molar-refractivity contribution in [2.24, 2.45) is 7.05 Å². The second-order valence-corrected chi connectivity index (χ2v) is 3.77. The monoisotopic (exact) mass is 226 g/mol. The predicted molar refractivity (Wildman–Crippen MR) is 64.6 cm³/mol. The Morgan fingerprint density at radius 1 is 1.24 bits per heavy atom. The van der Waals surface area contributed by atoms with Crippen LogP contribution in [0.1, 0.15) is 0 Å². The van der Waals surface area contributed by atoms with Crippen LogP contribution in [0.3, 0.4) is 0 Å². The molecule has 1 N–H and O–H groups in total. The number of aryl methyl sites for hydroxylation is 1. The van der Waals surface area contributed by atoms with Crippen LogP contribution in [-0.2, 0) is 7.05 Å². The van der Waals surface area contributed by atoms with Crippen LogP contribution in [0, 0.1) is 0 Å². The van der Waals surface area contributed by atoms with Crippen molar-refractivity contribution in [3.05, 3.63) is 46.9 Å². The molecule has 17 heavy (non-hydrogen) atoms. The van der Waals surface area contributed by atoms with Crippen LogP contribution in [0.15, 0.2) is 41.3 Å². The van der Waals surface area contributed by atoms with Crippen molar-refractivity contribution < 1.29 is 0 Å². The molecule has 3 rings (SSSR count). The van der Waals surface area contributed by atoms with Crippen molar-refractivity contribution in [2.45, 2.75) is 0 Å². The predicted octanol–water partition coefficient (Wildman–Crippen LogP) is 1.32. The van der Waals surface area contributed by atoms with Gasteiger partial charge in [0.15, 0.2) is 0 Å². The summed E-state index contributed by atoms with van der Waals surface area (Å²) in [5.41, 5.74) is 2.95. The third-order valence-corrected chi connectivity index (χ3v) is 2.62. The van der Waals surface area contributed by atoms with Gasteiger partial charge in [-0.2, -0.15) is 5.10 Å². The smallest absolute Gasteiger partial charge is 0.248 e. The summed E-state index contributed by atoms with van der Waals surface area (Å²) >= 11 is 0. The molecule has 3 heterocycles. The van der Waals surface area contributed by atoms with Crippen LogP contribution in [0.25, 0.3) is 22.4 Å². The van der Waals surface area contributed by atoms with Gasteiger partial charge in [-0.05, 0) is 18.2 Å². The molecule has 84 valence electrons. The fourth-order valence-corrected chi connectivity index (χ4v) is 1.90. The summed E-state index contributed by atoms with van der Waals surface area (Å²) in [4.78, 5) is 18.4. The molecule has 3 aromatic heterocycles. The van der Waals surface area contributed by atoms with E-state index < -0.39 is 0 Å². The third kappa shape index (κ3) is 1.52. The quantitative estimate of drug-likeness (QED) is 0.680. The van der Waals surface area contributed by atoms with E-state index in [1.807, 2.05) is 25.2 Å². The van der Waals surface area contributed by atoms with Gasteiger partial charge in [0.1, 0.15) is 11.2 Å². The minimum atomic E-state index is -0.136. The van der Waals surface area contributed by atoms with Gasteiger partial charge in [-0.25, -0.2) is 0 Å². The van der Waals surface area contributed by atoms with E-state index in [1.165, 1.54) is 6.07 Å². The Kier molecular flexibility index (Phi) is 2.04. The Labute approximate surface area is 96.7 Å². The Hall–Kier alpha value is -2.43. The summed E-state index contributed by atoms with van der Waals surface area (Å²) in [6.45, 7) is 0. The van der Waals surface area contributed by atoms with Gasteiger partial charge in [0.05, 0.1) is 11.2 Å². The summed E-state index contributed by atoms with van der Waals surface area (Å²) in [6, 6.07) is 8.83. The normalized spacial score (nSPS) is 10.9. The zero-order chi connectivity index (χ0) is 11.8. The van der Waals surface area contributed by atoms with Gasteiger partial charge in [0.25, 0.3) is 0 Å². The van der Waals surface area contributed by atoms with Crippen molar-refractivity contribution in [1.29, 1.82) is 0 Å². The number of hydrogen-bond donors (Lipinski definition) is 1. The van der Waals surface area contributed by atoms with Crippen LogP contribution in [0.2, 0.25) is 0 Å². The van der Waals surface area contributed by atoms with Crippen molar-refractivity contribution in [1.82, 2.24) is 19.7 Å². The maximum atomic E-state index is 11.4. The highest BCUT2D eigenvalue weighted by molar-refractivity contribution is 5.88. The molecular formula is C12H10N4O.